The van der Waals surface area contributed by atoms with E-state index in [0.29, 0.717) is 19.0 Å². The third kappa shape index (κ3) is 4.35. The van der Waals surface area contributed by atoms with Crippen molar-refractivity contribution in [3.05, 3.63) is 58.0 Å². The normalized spacial score (nSPS) is 15.5. The summed E-state index contributed by atoms with van der Waals surface area (Å²) in [7, 11) is -4.01. The van der Waals surface area contributed by atoms with Gasteiger partial charge in [-0.2, -0.15) is 9.40 Å². The average molecular weight is 426 g/mol. The number of hydrogen-bond acceptors (Lipinski definition) is 5. The van der Waals surface area contributed by atoms with Crippen LogP contribution in [0, 0.1) is 11.6 Å². The zero-order chi connectivity index (χ0) is 21.2. The molecule has 0 radical (unpaired) electrons. The van der Waals surface area contributed by atoms with Crippen molar-refractivity contribution in [1.29, 1.82) is 0 Å². The number of rotatable bonds is 5. The minimum Gasteiger partial charge on any atom is -0.335 e. The van der Waals surface area contributed by atoms with Crippen molar-refractivity contribution >= 4 is 15.9 Å². The van der Waals surface area contributed by atoms with E-state index in [1.807, 2.05) is 6.92 Å². The SMILES string of the molecule is CCCn1nc(C(=O)N2CCN(S(=O)(=O)c3ccc(F)c(F)c3)CC2)ccc1=O. The molecule has 0 spiro atoms. The van der Waals surface area contributed by atoms with Gasteiger partial charge in [-0.05, 0) is 30.7 Å². The number of amides is 1. The Kier molecular flexibility index (Phi) is 6.08. The van der Waals surface area contributed by atoms with Gasteiger partial charge in [0.1, 0.15) is 5.69 Å². The minimum atomic E-state index is -4.01. The van der Waals surface area contributed by atoms with E-state index >= 15 is 0 Å². The van der Waals surface area contributed by atoms with Crippen LogP contribution < -0.4 is 5.56 Å². The lowest BCUT2D eigenvalue weighted by Gasteiger charge is -2.33. The molecule has 2 aromatic rings. The van der Waals surface area contributed by atoms with Crippen LogP contribution in [0.2, 0.25) is 0 Å². The fourth-order valence-corrected chi connectivity index (χ4v) is 4.45. The van der Waals surface area contributed by atoms with Gasteiger partial charge in [0.15, 0.2) is 11.6 Å². The van der Waals surface area contributed by atoms with Crippen molar-refractivity contribution in [3.8, 4) is 0 Å². The number of nitrogens with zero attached hydrogens (tertiary/aromatic N) is 4. The van der Waals surface area contributed by atoms with Crippen LogP contribution in [0.1, 0.15) is 23.8 Å². The molecule has 8 nitrogen and oxygen atoms in total. The van der Waals surface area contributed by atoms with Gasteiger partial charge in [0.05, 0.1) is 4.90 Å². The Morgan fingerprint density at radius 3 is 2.38 bits per heavy atom. The Morgan fingerprint density at radius 2 is 1.76 bits per heavy atom. The molecule has 1 aromatic heterocycles. The predicted molar refractivity (Wildman–Crippen MR) is 99.8 cm³/mol. The largest absolute Gasteiger partial charge is 0.335 e. The summed E-state index contributed by atoms with van der Waals surface area (Å²) in [6, 6.07) is 5.04. The quantitative estimate of drug-likeness (QED) is 0.713. The third-order valence-corrected chi connectivity index (χ3v) is 6.47. The Labute approximate surface area is 166 Å². The molecule has 29 heavy (non-hydrogen) atoms. The van der Waals surface area contributed by atoms with Gasteiger partial charge < -0.3 is 4.90 Å². The van der Waals surface area contributed by atoms with Gasteiger partial charge in [-0.1, -0.05) is 6.92 Å². The van der Waals surface area contributed by atoms with Gasteiger partial charge >= 0.3 is 0 Å². The van der Waals surface area contributed by atoms with Gasteiger partial charge in [0.2, 0.25) is 10.0 Å². The molecule has 0 aliphatic carbocycles. The van der Waals surface area contributed by atoms with Crippen molar-refractivity contribution in [2.24, 2.45) is 0 Å². The number of aryl methyl sites for hydroxylation is 1. The summed E-state index contributed by atoms with van der Waals surface area (Å²) < 4.78 is 54.1. The molecule has 1 aliphatic heterocycles. The fraction of sp³-hybridized carbons (Fsp3) is 0.389. The molecule has 0 saturated carbocycles. The highest BCUT2D eigenvalue weighted by atomic mass is 32.2. The molecule has 0 atom stereocenters. The second-order valence-corrected chi connectivity index (χ2v) is 8.49. The van der Waals surface area contributed by atoms with Crippen molar-refractivity contribution in [2.45, 2.75) is 24.8 Å². The molecule has 11 heteroatoms. The molecule has 0 unspecified atom stereocenters. The van der Waals surface area contributed by atoms with Crippen LogP contribution in [-0.4, -0.2) is 59.5 Å². The summed E-state index contributed by atoms with van der Waals surface area (Å²) in [5.41, 5.74) is -0.194. The Bertz CT molecular complexity index is 1080. The van der Waals surface area contributed by atoms with Crippen molar-refractivity contribution in [1.82, 2.24) is 19.0 Å². The predicted octanol–water partition coefficient (Wildman–Crippen LogP) is 1.08. The van der Waals surface area contributed by atoms with Crippen LogP contribution in [0.4, 0.5) is 8.78 Å². The van der Waals surface area contributed by atoms with Gasteiger partial charge in [0, 0.05) is 38.8 Å². The van der Waals surface area contributed by atoms with Crippen LogP contribution in [0.3, 0.4) is 0 Å². The standard InChI is InChI=1S/C18H20F2N4O4S/c1-2-7-24-17(25)6-5-16(21-24)18(26)22-8-10-23(11-9-22)29(27,28)13-3-4-14(19)15(20)12-13/h3-6,12H,2,7-11H2,1H3. The number of benzene rings is 1. The summed E-state index contributed by atoms with van der Waals surface area (Å²) in [5, 5.41) is 4.07. The molecule has 1 fully saturated rings. The topological polar surface area (TPSA) is 92.6 Å². The first-order chi connectivity index (χ1) is 13.7. The van der Waals surface area contributed by atoms with E-state index in [-0.39, 0.29) is 42.3 Å². The lowest BCUT2D eigenvalue weighted by atomic mass is 10.3. The van der Waals surface area contributed by atoms with E-state index in [9.17, 15) is 26.8 Å². The van der Waals surface area contributed by atoms with Crippen LogP contribution >= 0.6 is 0 Å². The maximum Gasteiger partial charge on any atom is 0.274 e. The first-order valence-corrected chi connectivity index (χ1v) is 10.5. The number of piperazine rings is 1. The Balaban J connectivity index is 1.71. The molecule has 1 amide bonds. The molecule has 2 heterocycles. The van der Waals surface area contributed by atoms with E-state index < -0.39 is 27.6 Å². The summed E-state index contributed by atoms with van der Waals surface area (Å²) in [4.78, 5) is 25.5. The van der Waals surface area contributed by atoms with Gasteiger partial charge in [-0.15, -0.1) is 0 Å². The zero-order valence-electron chi connectivity index (χ0n) is 15.7. The van der Waals surface area contributed by atoms with Crippen LogP contribution in [0.15, 0.2) is 40.0 Å². The molecule has 1 aliphatic rings. The first-order valence-electron chi connectivity index (χ1n) is 9.06. The van der Waals surface area contributed by atoms with Crippen molar-refractivity contribution in [2.75, 3.05) is 26.2 Å². The van der Waals surface area contributed by atoms with E-state index in [1.165, 1.54) is 21.7 Å². The highest BCUT2D eigenvalue weighted by Gasteiger charge is 2.31. The molecule has 1 saturated heterocycles. The number of hydrogen-bond donors (Lipinski definition) is 0. The molecule has 0 N–H and O–H groups in total. The van der Waals surface area contributed by atoms with Gasteiger partial charge in [0.25, 0.3) is 11.5 Å². The van der Waals surface area contributed by atoms with Crippen LogP contribution in [0.5, 0.6) is 0 Å². The van der Waals surface area contributed by atoms with Crippen molar-refractivity contribution in [3.63, 3.8) is 0 Å². The zero-order valence-corrected chi connectivity index (χ0v) is 16.5. The van der Waals surface area contributed by atoms with Crippen molar-refractivity contribution < 1.29 is 22.0 Å². The number of carbonyl (C=O) groups is 1. The van der Waals surface area contributed by atoms with E-state index in [0.717, 1.165) is 16.4 Å². The molecule has 156 valence electrons. The smallest absolute Gasteiger partial charge is 0.274 e. The number of aromatic nitrogens is 2. The monoisotopic (exact) mass is 426 g/mol. The molecule has 3 rings (SSSR count). The maximum atomic E-state index is 13.4. The van der Waals surface area contributed by atoms with Crippen LogP contribution in [-0.2, 0) is 16.6 Å². The molecule has 1 aromatic carbocycles. The number of halogens is 2. The summed E-state index contributed by atoms with van der Waals surface area (Å²) in [6.45, 7) is 2.49. The second kappa shape index (κ2) is 8.37. The molecule has 0 bridgehead atoms. The summed E-state index contributed by atoms with van der Waals surface area (Å²) >= 11 is 0. The molecular weight excluding hydrogens is 406 g/mol. The number of carbonyl (C=O) groups excluding carboxylic acids is 1. The lowest BCUT2D eigenvalue weighted by Crippen LogP contribution is -2.50. The maximum absolute atomic E-state index is 13.4. The minimum absolute atomic E-state index is 0.00165. The highest BCUT2D eigenvalue weighted by molar-refractivity contribution is 7.89. The second-order valence-electron chi connectivity index (χ2n) is 6.55. The van der Waals surface area contributed by atoms with Gasteiger partial charge in [-0.25, -0.2) is 21.9 Å². The van der Waals surface area contributed by atoms with E-state index in [2.05, 4.69) is 5.10 Å². The average Bonchev–Trinajstić information content (AvgIpc) is 2.71. The number of sulfonamides is 1. The Morgan fingerprint density at radius 1 is 1.07 bits per heavy atom. The fourth-order valence-electron chi connectivity index (χ4n) is 3.01. The lowest BCUT2D eigenvalue weighted by molar-refractivity contribution is 0.0689. The first kappa shape index (κ1) is 21.1. The van der Waals surface area contributed by atoms with E-state index in [1.54, 1.807) is 0 Å². The summed E-state index contributed by atoms with van der Waals surface area (Å²) in [6.07, 6.45) is 0.686. The Hall–Kier alpha value is -2.66. The van der Waals surface area contributed by atoms with Crippen LogP contribution in [0.25, 0.3) is 0 Å². The third-order valence-electron chi connectivity index (χ3n) is 4.58. The molecular formula is C18H20F2N4O4S. The highest BCUT2D eigenvalue weighted by Crippen LogP contribution is 2.20. The summed E-state index contributed by atoms with van der Waals surface area (Å²) in [5.74, 6) is -2.77. The van der Waals surface area contributed by atoms with E-state index in [4.69, 9.17) is 0 Å². The van der Waals surface area contributed by atoms with Gasteiger partial charge in [-0.3, -0.25) is 9.59 Å².